The molecule has 0 saturated heterocycles. The van der Waals surface area contributed by atoms with Crippen molar-refractivity contribution in [2.24, 2.45) is 56.7 Å². The molecule has 32 heavy (non-hydrogen) atoms. The largest absolute Gasteiger partial charge is 0.512 e. The Bertz CT molecular complexity index is 805. The second kappa shape index (κ2) is 7.04. The molecule has 5 rings (SSSR count). The van der Waals surface area contributed by atoms with E-state index in [0.717, 1.165) is 35.9 Å². The zero-order valence-electron chi connectivity index (χ0n) is 22.6. The second-order valence-corrected chi connectivity index (χ2v) is 15.1. The summed E-state index contributed by atoms with van der Waals surface area (Å²) in [6.07, 6.45) is 15.0. The van der Waals surface area contributed by atoms with E-state index in [9.17, 15) is 5.11 Å². The number of fused-ring (bicyclic) bond motifs is 2. The number of aliphatic hydroxyl groups is 1. The molecule has 8 atom stereocenters. The third-order valence-electron chi connectivity index (χ3n) is 12.9. The van der Waals surface area contributed by atoms with Crippen LogP contribution in [0.4, 0.5) is 0 Å². The summed E-state index contributed by atoms with van der Waals surface area (Å²) in [7, 11) is 0. The molecule has 0 amide bonds. The Labute approximate surface area is 199 Å². The maximum absolute atomic E-state index is 11.6. The molecule has 4 saturated carbocycles. The highest BCUT2D eigenvalue weighted by atomic mass is 16.3. The van der Waals surface area contributed by atoms with E-state index in [1.165, 1.54) is 69.8 Å². The molecular formula is C31H52O. The van der Waals surface area contributed by atoms with Gasteiger partial charge in [-0.25, -0.2) is 0 Å². The fraction of sp³-hybridized carbons (Fsp3) is 0.935. The Hall–Kier alpha value is -0.460. The Morgan fingerprint density at radius 3 is 2.25 bits per heavy atom. The van der Waals surface area contributed by atoms with E-state index >= 15 is 0 Å². The summed E-state index contributed by atoms with van der Waals surface area (Å²) in [4.78, 5) is 0. The van der Waals surface area contributed by atoms with Gasteiger partial charge in [0.05, 0.1) is 5.76 Å². The van der Waals surface area contributed by atoms with Gasteiger partial charge in [-0.15, -0.1) is 0 Å². The van der Waals surface area contributed by atoms with Gasteiger partial charge in [0.1, 0.15) is 0 Å². The van der Waals surface area contributed by atoms with E-state index in [1.807, 2.05) is 0 Å². The number of hydrogen-bond acceptors (Lipinski definition) is 1. The zero-order valence-corrected chi connectivity index (χ0v) is 22.6. The third-order valence-corrected chi connectivity index (χ3v) is 12.9. The molecule has 4 fully saturated rings. The lowest BCUT2D eigenvalue weighted by Gasteiger charge is -2.62. The quantitative estimate of drug-likeness (QED) is 0.451. The lowest BCUT2D eigenvalue weighted by Crippen LogP contribution is -2.56. The van der Waals surface area contributed by atoms with Crippen LogP contribution < -0.4 is 0 Å². The zero-order chi connectivity index (χ0) is 23.3. The average Bonchev–Trinajstić information content (AvgIpc) is 3.30. The van der Waals surface area contributed by atoms with Gasteiger partial charge in [0, 0.05) is 5.41 Å². The molecule has 0 bridgehead atoms. The number of rotatable bonds is 5. The van der Waals surface area contributed by atoms with Crippen LogP contribution in [-0.4, -0.2) is 5.11 Å². The summed E-state index contributed by atoms with van der Waals surface area (Å²) >= 11 is 0. The van der Waals surface area contributed by atoms with Crippen LogP contribution in [0.5, 0.6) is 0 Å². The van der Waals surface area contributed by atoms with Gasteiger partial charge in [-0.05, 0) is 115 Å². The van der Waals surface area contributed by atoms with Crippen LogP contribution in [0, 0.1) is 56.7 Å². The molecule has 1 N–H and O–H groups in total. The summed E-state index contributed by atoms with van der Waals surface area (Å²) in [6, 6.07) is 0. The van der Waals surface area contributed by atoms with Crippen LogP contribution in [0.1, 0.15) is 126 Å². The van der Waals surface area contributed by atoms with Gasteiger partial charge in [0.15, 0.2) is 0 Å². The molecule has 0 aliphatic heterocycles. The highest BCUT2D eigenvalue weighted by Gasteiger charge is 2.83. The first-order valence-electron chi connectivity index (χ1n) is 14.2. The molecule has 2 spiro atoms. The number of hydrogen-bond donors (Lipinski definition) is 1. The average molecular weight is 441 g/mol. The molecule has 0 radical (unpaired) electrons. The number of allylic oxidation sites excluding steroid dienone is 2. The third kappa shape index (κ3) is 2.69. The van der Waals surface area contributed by atoms with Crippen molar-refractivity contribution in [2.45, 2.75) is 126 Å². The molecule has 1 heteroatoms. The standard InChI is InChI=1S/C31H52O/c1-20(2)10-9-11-21(3)23-14-15-29(8)25-13-12-24-27(5,6)18-22(4)26(32)31(24)19-30(25,31)17-16-28(23,29)7/h20-21,23-25,32H,9-19H2,1-8H3/t21-,23-,24+,25+,28-,29+,30+,31-/m1/s1. The molecule has 0 heterocycles. The van der Waals surface area contributed by atoms with E-state index in [2.05, 4.69) is 55.4 Å². The van der Waals surface area contributed by atoms with E-state index in [-0.39, 0.29) is 5.41 Å². The van der Waals surface area contributed by atoms with Crippen LogP contribution in [0.15, 0.2) is 11.3 Å². The first-order chi connectivity index (χ1) is 14.9. The van der Waals surface area contributed by atoms with Crippen molar-refractivity contribution in [2.75, 3.05) is 0 Å². The van der Waals surface area contributed by atoms with E-state index in [1.54, 1.807) is 0 Å². The van der Waals surface area contributed by atoms with Gasteiger partial charge in [-0.2, -0.15) is 0 Å². The Balaban J connectivity index is 1.44. The van der Waals surface area contributed by atoms with Crippen LogP contribution in [0.2, 0.25) is 0 Å². The van der Waals surface area contributed by atoms with Crippen LogP contribution in [0.3, 0.4) is 0 Å². The van der Waals surface area contributed by atoms with E-state index < -0.39 is 0 Å². The molecule has 1 nitrogen and oxygen atoms in total. The Morgan fingerprint density at radius 2 is 1.56 bits per heavy atom. The summed E-state index contributed by atoms with van der Waals surface area (Å²) in [5.74, 6) is 4.97. The maximum Gasteiger partial charge on any atom is 0.0982 e. The summed E-state index contributed by atoms with van der Waals surface area (Å²) < 4.78 is 0. The smallest absolute Gasteiger partial charge is 0.0982 e. The molecule has 0 aromatic carbocycles. The minimum absolute atomic E-state index is 0.132. The lowest BCUT2D eigenvalue weighted by atomic mass is 9.42. The van der Waals surface area contributed by atoms with Crippen molar-refractivity contribution in [3.8, 4) is 0 Å². The molecule has 182 valence electrons. The molecule has 0 unspecified atom stereocenters. The van der Waals surface area contributed by atoms with Crippen molar-refractivity contribution in [1.82, 2.24) is 0 Å². The van der Waals surface area contributed by atoms with Gasteiger partial charge in [-0.1, -0.05) is 67.7 Å². The van der Waals surface area contributed by atoms with Crippen LogP contribution >= 0.6 is 0 Å². The van der Waals surface area contributed by atoms with Gasteiger partial charge in [0.25, 0.3) is 0 Å². The molecule has 5 aliphatic carbocycles. The second-order valence-electron chi connectivity index (χ2n) is 15.1. The lowest BCUT2D eigenvalue weighted by molar-refractivity contribution is -0.135. The van der Waals surface area contributed by atoms with Crippen molar-refractivity contribution >= 4 is 0 Å². The Kier molecular flexibility index (Phi) is 5.12. The summed E-state index contributed by atoms with van der Waals surface area (Å²) in [5.41, 5.74) is 3.15. The molecular weight excluding hydrogens is 388 g/mol. The molecule has 0 aromatic rings. The van der Waals surface area contributed by atoms with Gasteiger partial charge in [0.2, 0.25) is 0 Å². The number of aliphatic hydroxyl groups excluding tert-OH is 1. The molecule has 0 aromatic heterocycles. The minimum Gasteiger partial charge on any atom is -0.512 e. The van der Waals surface area contributed by atoms with Gasteiger partial charge >= 0.3 is 0 Å². The van der Waals surface area contributed by atoms with Gasteiger partial charge in [-0.3, -0.25) is 0 Å². The van der Waals surface area contributed by atoms with Crippen LogP contribution in [-0.2, 0) is 0 Å². The summed E-state index contributed by atoms with van der Waals surface area (Å²) in [6.45, 7) is 20.0. The highest BCUT2D eigenvalue weighted by Crippen LogP contribution is 2.89. The maximum atomic E-state index is 11.6. The van der Waals surface area contributed by atoms with E-state index in [0.29, 0.717) is 27.6 Å². The van der Waals surface area contributed by atoms with Gasteiger partial charge < -0.3 is 5.11 Å². The van der Waals surface area contributed by atoms with Crippen molar-refractivity contribution < 1.29 is 5.11 Å². The predicted octanol–water partition coefficient (Wildman–Crippen LogP) is 9.33. The first kappa shape index (κ1) is 23.3. The molecule has 5 aliphatic rings. The summed E-state index contributed by atoms with van der Waals surface area (Å²) in [5, 5.41) is 11.6. The highest BCUT2D eigenvalue weighted by molar-refractivity contribution is 5.40. The topological polar surface area (TPSA) is 20.2 Å². The van der Waals surface area contributed by atoms with Crippen molar-refractivity contribution in [3.05, 3.63) is 11.3 Å². The Morgan fingerprint density at radius 1 is 0.875 bits per heavy atom. The normalized spacial score (nSPS) is 49.8. The van der Waals surface area contributed by atoms with Crippen molar-refractivity contribution in [3.63, 3.8) is 0 Å². The predicted molar refractivity (Wildman–Crippen MR) is 135 cm³/mol. The van der Waals surface area contributed by atoms with E-state index in [4.69, 9.17) is 0 Å². The fourth-order valence-electron chi connectivity index (χ4n) is 11.4. The monoisotopic (exact) mass is 440 g/mol. The fourth-order valence-corrected chi connectivity index (χ4v) is 11.4. The SMILES string of the molecule is CC1=C(O)[C@]23C[C@]24CC[C@]2(C)[C@@H]([C@H](C)CCCC(C)C)CC[C@@]2(C)[C@@H]4CC[C@H]3C(C)(C)C1. The van der Waals surface area contributed by atoms with Crippen molar-refractivity contribution in [1.29, 1.82) is 0 Å². The minimum atomic E-state index is 0.132. The first-order valence-corrected chi connectivity index (χ1v) is 14.2. The van der Waals surface area contributed by atoms with Crippen LogP contribution in [0.25, 0.3) is 0 Å².